The smallest absolute Gasteiger partial charge is 0.243 e. The highest BCUT2D eigenvalue weighted by Crippen LogP contribution is 2.26. The Morgan fingerprint density at radius 3 is 2.71 bits per heavy atom. The van der Waals surface area contributed by atoms with Crippen molar-refractivity contribution >= 4 is 31.6 Å². The van der Waals surface area contributed by atoms with Gasteiger partial charge >= 0.3 is 0 Å². The SMILES string of the molecule is Cc1nn(C)cc1CNS(=O)(=O)c1cc(N)cc(Br)c1F. The lowest BCUT2D eigenvalue weighted by molar-refractivity contribution is 0.554. The van der Waals surface area contributed by atoms with Gasteiger partial charge in [0.2, 0.25) is 10.0 Å². The van der Waals surface area contributed by atoms with Gasteiger partial charge in [0, 0.05) is 31.0 Å². The summed E-state index contributed by atoms with van der Waals surface area (Å²) in [5.41, 5.74) is 7.13. The van der Waals surface area contributed by atoms with Crippen molar-refractivity contribution in [2.45, 2.75) is 18.4 Å². The number of hydrogen-bond acceptors (Lipinski definition) is 4. The van der Waals surface area contributed by atoms with Crippen LogP contribution in [0.1, 0.15) is 11.3 Å². The van der Waals surface area contributed by atoms with E-state index in [1.54, 1.807) is 24.9 Å². The zero-order chi connectivity index (χ0) is 15.8. The molecule has 2 aromatic rings. The van der Waals surface area contributed by atoms with Gasteiger partial charge in [-0.05, 0) is 35.0 Å². The van der Waals surface area contributed by atoms with Crippen molar-refractivity contribution in [1.82, 2.24) is 14.5 Å². The number of nitrogens with one attached hydrogen (secondary N) is 1. The fourth-order valence-electron chi connectivity index (χ4n) is 1.85. The van der Waals surface area contributed by atoms with E-state index in [2.05, 4.69) is 25.8 Å². The molecule has 1 aromatic carbocycles. The number of nitrogens with two attached hydrogens (primary N) is 1. The van der Waals surface area contributed by atoms with Gasteiger partial charge in [0.25, 0.3) is 0 Å². The number of halogens is 2. The molecule has 0 fully saturated rings. The van der Waals surface area contributed by atoms with E-state index in [1.807, 2.05) is 0 Å². The second kappa shape index (κ2) is 5.74. The molecule has 9 heteroatoms. The van der Waals surface area contributed by atoms with E-state index in [1.165, 1.54) is 6.07 Å². The van der Waals surface area contributed by atoms with Gasteiger partial charge in [-0.15, -0.1) is 0 Å². The summed E-state index contributed by atoms with van der Waals surface area (Å²) in [5.74, 6) is -0.875. The van der Waals surface area contributed by atoms with Crippen LogP contribution in [0.5, 0.6) is 0 Å². The van der Waals surface area contributed by atoms with Crippen LogP contribution in [0.15, 0.2) is 27.7 Å². The Labute approximate surface area is 130 Å². The number of hydrogen-bond donors (Lipinski definition) is 2. The second-order valence-electron chi connectivity index (χ2n) is 4.55. The van der Waals surface area contributed by atoms with Crippen LogP contribution in [0.25, 0.3) is 0 Å². The minimum Gasteiger partial charge on any atom is -0.399 e. The number of anilines is 1. The molecule has 21 heavy (non-hydrogen) atoms. The zero-order valence-corrected chi connectivity index (χ0v) is 13.8. The van der Waals surface area contributed by atoms with Crippen LogP contribution < -0.4 is 10.5 Å². The third-order valence-electron chi connectivity index (χ3n) is 2.87. The zero-order valence-electron chi connectivity index (χ0n) is 11.4. The summed E-state index contributed by atoms with van der Waals surface area (Å²) in [6.07, 6.45) is 1.70. The lowest BCUT2D eigenvalue weighted by Crippen LogP contribution is -2.24. The molecule has 6 nitrogen and oxygen atoms in total. The molecule has 114 valence electrons. The minimum absolute atomic E-state index is 0.000401. The molecule has 0 atom stereocenters. The number of benzene rings is 1. The normalized spacial score (nSPS) is 11.8. The van der Waals surface area contributed by atoms with Crippen molar-refractivity contribution < 1.29 is 12.8 Å². The van der Waals surface area contributed by atoms with Crippen LogP contribution in [0.2, 0.25) is 0 Å². The molecular weight excluding hydrogens is 363 g/mol. The average molecular weight is 377 g/mol. The van der Waals surface area contributed by atoms with Gasteiger partial charge in [-0.1, -0.05) is 0 Å². The molecule has 0 aliphatic rings. The molecule has 0 saturated heterocycles. The molecule has 3 N–H and O–H groups in total. The van der Waals surface area contributed by atoms with E-state index in [4.69, 9.17) is 5.73 Å². The van der Waals surface area contributed by atoms with E-state index in [0.29, 0.717) is 11.3 Å². The van der Waals surface area contributed by atoms with Gasteiger partial charge < -0.3 is 5.73 Å². The summed E-state index contributed by atoms with van der Waals surface area (Å²) < 4.78 is 42.3. The third-order valence-corrected chi connectivity index (χ3v) is 4.85. The lowest BCUT2D eigenvalue weighted by Gasteiger charge is -2.09. The van der Waals surface area contributed by atoms with Gasteiger partial charge in [0.05, 0.1) is 10.2 Å². The quantitative estimate of drug-likeness (QED) is 0.794. The summed E-state index contributed by atoms with van der Waals surface area (Å²) in [6.45, 7) is 1.79. The van der Waals surface area contributed by atoms with Crippen molar-refractivity contribution in [3.05, 3.63) is 39.9 Å². The van der Waals surface area contributed by atoms with Crippen LogP contribution in [0.4, 0.5) is 10.1 Å². The van der Waals surface area contributed by atoms with Crippen LogP contribution in [-0.2, 0) is 23.6 Å². The highest BCUT2D eigenvalue weighted by Gasteiger charge is 2.22. The summed E-state index contributed by atoms with van der Waals surface area (Å²) >= 11 is 2.94. The number of sulfonamides is 1. The molecule has 0 saturated carbocycles. The summed E-state index contributed by atoms with van der Waals surface area (Å²) in [4.78, 5) is -0.490. The molecule has 1 aromatic heterocycles. The molecule has 0 aliphatic heterocycles. The van der Waals surface area contributed by atoms with Crippen LogP contribution in [0, 0.1) is 12.7 Å². The molecular formula is C12H14BrFN4O2S. The fourth-order valence-corrected chi connectivity index (χ4v) is 3.60. The predicted octanol–water partition coefficient (Wildman–Crippen LogP) is 1.69. The maximum atomic E-state index is 13.9. The molecule has 0 unspecified atom stereocenters. The van der Waals surface area contributed by atoms with Crippen molar-refractivity contribution in [3.63, 3.8) is 0 Å². The first-order chi connectivity index (χ1) is 9.70. The molecule has 1 heterocycles. The van der Waals surface area contributed by atoms with E-state index < -0.39 is 20.7 Å². The Morgan fingerprint density at radius 1 is 1.48 bits per heavy atom. The van der Waals surface area contributed by atoms with E-state index in [9.17, 15) is 12.8 Å². The van der Waals surface area contributed by atoms with Gasteiger partial charge in [0.1, 0.15) is 4.90 Å². The van der Waals surface area contributed by atoms with Crippen molar-refractivity contribution in [2.75, 3.05) is 5.73 Å². The highest BCUT2D eigenvalue weighted by molar-refractivity contribution is 9.10. The van der Waals surface area contributed by atoms with Gasteiger partial charge in [0.15, 0.2) is 5.82 Å². The van der Waals surface area contributed by atoms with Gasteiger partial charge in [-0.3, -0.25) is 4.68 Å². The van der Waals surface area contributed by atoms with Crippen LogP contribution in [-0.4, -0.2) is 18.2 Å². The van der Waals surface area contributed by atoms with E-state index >= 15 is 0 Å². The maximum Gasteiger partial charge on any atom is 0.243 e. The Hall–Kier alpha value is -1.45. The number of aryl methyl sites for hydroxylation is 2. The van der Waals surface area contributed by atoms with E-state index in [-0.39, 0.29) is 16.7 Å². The number of nitrogens with zero attached hydrogens (tertiary/aromatic N) is 2. The summed E-state index contributed by atoms with van der Waals surface area (Å²) in [7, 11) is -2.28. The second-order valence-corrected chi connectivity index (χ2v) is 7.14. The van der Waals surface area contributed by atoms with Crippen molar-refractivity contribution in [3.8, 4) is 0 Å². The summed E-state index contributed by atoms with van der Waals surface area (Å²) in [6, 6.07) is 2.39. The third kappa shape index (κ3) is 3.42. The fraction of sp³-hybridized carbons (Fsp3) is 0.250. The average Bonchev–Trinajstić information content (AvgIpc) is 2.70. The molecule has 0 spiro atoms. The number of rotatable bonds is 4. The first-order valence-corrected chi connectivity index (χ1v) is 8.21. The molecule has 0 aliphatic carbocycles. The topological polar surface area (TPSA) is 90.0 Å². The Kier molecular flexibility index (Phi) is 4.35. The Morgan fingerprint density at radius 2 is 2.14 bits per heavy atom. The first kappa shape index (κ1) is 15.9. The molecule has 0 radical (unpaired) electrons. The predicted molar refractivity (Wildman–Crippen MR) is 80.5 cm³/mol. The van der Waals surface area contributed by atoms with Crippen LogP contribution >= 0.6 is 15.9 Å². The highest BCUT2D eigenvalue weighted by atomic mass is 79.9. The van der Waals surface area contributed by atoms with Crippen molar-refractivity contribution in [2.24, 2.45) is 7.05 Å². The maximum absolute atomic E-state index is 13.9. The lowest BCUT2D eigenvalue weighted by atomic mass is 10.3. The van der Waals surface area contributed by atoms with Crippen molar-refractivity contribution in [1.29, 1.82) is 0 Å². The van der Waals surface area contributed by atoms with Crippen LogP contribution in [0.3, 0.4) is 0 Å². The minimum atomic E-state index is -4.01. The Balaban J connectivity index is 2.29. The van der Waals surface area contributed by atoms with Gasteiger partial charge in [-0.2, -0.15) is 5.10 Å². The Bertz CT molecular complexity index is 789. The monoisotopic (exact) mass is 376 g/mol. The first-order valence-electron chi connectivity index (χ1n) is 5.94. The van der Waals surface area contributed by atoms with E-state index in [0.717, 1.165) is 6.07 Å². The molecule has 2 rings (SSSR count). The molecule has 0 bridgehead atoms. The largest absolute Gasteiger partial charge is 0.399 e. The number of nitrogen functional groups attached to an aromatic ring is 1. The standard InChI is InChI=1S/C12H14BrFN4O2S/c1-7-8(6-18(2)17-7)5-16-21(19,20)11-4-9(15)3-10(13)12(11)14/h3-4,6,16H,5,15H2,1-2H3. The number of aromatic nitrogens is 2. The van der Waals surface area contributed by atoms with Gasteiger partial charge in [-0.25, -0.2) is 17.5 Å². The summed E-state index contributed by atoms with van der Waals surface area (Å²) in [5, 5.41) is 4.11. The molecule has 0 amide bonds.